The molecule has 0 aliphatic rings. The molecule has 2 aromatic rings. The van der Waals surface area contributed by atoms with Gasteiger partial charge in [0.25, 0.3) is 0 Å². The molecule has 0 aliphatic heterocycles. The van der Waals surface area contributed by atoms with E-state index in [1.165, 1.54) is 30.1 Å². The highest BCUT2D eigenvalue weighted by atomic mass is 35.5. The lowest BCUT2D eigenvalue weighted by atomic mass is 10.1. The van der Waals surface area contributed by atoms with Crippen molar-refractivity contribution in [2.45, 2.75) is 11.9 Å². The van der Waals surface area contributed by atoms with Crippen LogP contribution in [0.4, 0.5) is 13.2 Å². The first-order chi connectivity index (χ1) is 11.8. The van der Waals surface area contributed by atoms with Crippen molar-refractivity contribution in [3.63, 3.8) is 0 Å². The van der Waals surface area contributed by atoms with Crippen molar-refractivity contribution >= 4 is 35.5 Å². The Hall–Kier alpha value is -1.99. The molecule has 0 bridgehead atoms. The van der Waals surface area contributed by atoms with Gasteiger partial charge in [-0.3, -0.25) is 4.79 Å². The first-order valence-corrected chi connectivity index (χ1v) is 8.69. The van der Waals surface area contributed by atoms with Crippen LogP contribution in [0.15, 0.2) is 53.6 Å². The minimum Gasteiger partial charge on any atom is -0.272 e. The summed E-state index contributed by atoms with van der Waals surface area (Å²) in [6.45, 7) is 0. The fourth-order valence-electron chi connectivity index (χ4n) is 1.85. The number of amides is 1. The number of halogens is 4. The maximum absolute atomic E-state index is 12.6. The molecule has 0 heterocycles. The molecule has 0 spiro atoms. The summed E-state index contributed by atoms with van der Waals surface area (Å²) in [6, 6.07) is 12.0. The molecule has 0 aliphatic carbocycles. The Morgan fingerprint density at radius 1 is 1.20 bits per heavy atom. The van der Waals surface area contributed by atoms with E-state index in [4.69, 9.17) is 11.6 Å². The lowest BCUT2D eigenvalue weighted by Gasteiger charge is -2.06. The number of benzene rings is 2. The van der Waals surface area contributed by atoms with Gasteiger partial charge < -0.3 is 0 Å². The van der Waals surface area contributed by atoms with Gasteiger partial charge in [0, 0.05) is 10.8 Å². The largest absolute Gasteiger partial charge is 0.416 e. The van der Waals surface area contributed by atoms with Crippen LogP contribution < -0.4 is 5.43 Å². The van der Waals surface area contributed by atoms with E-state index in [0.29, 0.717) is 10.8 Å². The highest BCUT2D eigenvalue weighted by Crippen LogP contribution is 2.29. The van der Waals surface area contributed by atoms with Crippen LogP contribution in [0.25, 0.3) is 0 Å². The second-order valence-electron chi connectivity index (χ2n) is 5.04. The number of carbonyl (C=O) groups excluding carboxylic acids is 1. The summed E-state index contributed by atoms with van der Waals surface area (Å²) < 4.78 is 37.8. The topological polar surface area (TPSA) is 41.5 Å². The summed E-state index contributed by atoms with van der Waals surface area (Å²) in [5.74, 6) is 0.493. The number of nitrogens with zero attached hydrogens (tertiary/aromatic N) is 1. The monoisotopic (exact) mass is 386 g/mol. The number of rotatable bonds is 6. The molecule has 1 amide bonds. The van der Waals surface area contributed by atoms with Gasteiger partial charge in [0.1, 0.15) is 0 Å². The quantitative estimate of drug-likeness (QED) is 0.575. The molecule has 0 radical (unpaired) electrons. The molecule has 0 fully saturated rings. The number of carbonyl (C=O) groups is 1. The van der Waals surface area contributed by atoms with Gasteiger partial charge >= 0.3 is 6.18 Å². The van der Waals surface area contributed by atoms with E-state index in [2.05, 4.69) is 10.5 Å². The van der Waals surface area contributed by atoms with Crippen molar-refractivity contribution in [2.24, 2.45) is 5.10 Å². The van der Waals surface area contributed by atoms with Crippen molar-refractivity contribution in [3.8, 4) is 0 Å². The second kappa shape index (κ2) is 8.92. The lowest BCUT2D eigenvalue weighted by Crippen LogP contribution is -2.19. The van der Waals surface area contributed by atoms with E-state index in [1.54, 1.807) is 12.1 Å². The van der Waals surface area contributed by atoms with Gasteiger partial charge in [0.2, 0.25) is 5.91 Å². The first-order valence-electron chi connectivity index (χ1n) is 7.16. The number of thioether (sulfide) groups is 1. The Morgan fingerprint density at radius 2 is 1.92 bits per heavy atom. The van der Waals surface area contributed by atoms with E-state index in [9.17, 15) is 18.0 Å². The van der Waals surface area contributed by atoms with Gasteiger partial charge in [0.05, 0.1) is 17.5 Å². The van der Waals surface area contributed by atoms with Crippen molar-refractivity contribution in [2.75, 3.05) is 5.75 Å². The second-order valence-corrected chi connectivity index (χ2v) is 6.46. The van der Waals surface area contributed by atoms with Gasteiger partial charge in [-0.1, -0.05) is 35.9 Å². The van der Waals surface area contributed by atoms with E-state index in [1.807, 2.05) is 12.1 Å². The standard InChI is InChI=1S/C17H14ClF3N2OS/c18-15-6-4-12(5-7-15)10-25-11-16(24)23-22-9-13-2-1-3-14(8-13)17(19,20)21/h1-9H,10-11H2,(H,23,24)/b22-9-. The van der Waals surface area contributed by atoms with E-state index < -0.39 is 11.7 Å². The van der Waals surface area contributed by atoms with Crippen LogP contribution in [0.5, 0.6) is 0 Å². The predicted molar refractivity (Wildman–Crippen MR) is 94.8 cm³/mol. The van der Waals surface area contributed by atoms with E-state index >= 15 is 0 Å². The molecule has 3 nitrogen and oxygen atoms in total. The van der Waals surface area contributed by atoms with Gasteiger partial charge in [-0.05, 0) is 35.4 Å². The fraction of sp³-hybridized carbons (Fsp3) is 0.176. The number of hydrazone groups is 1. The zero-order chi connectivity index (χ0) is 18.3. The molecule has 1 N–H and O–H groups in total. The van der Waals surface area contributed by atoms with Gasteiger partial charge in [-0.2, -0.15) is 18.3 Å². The molecule has 0 unspecified atom stereocenters. The zero-order valence-electron chi connectivity index (χ0n) is 12.9. The van der Waals surface area contributed by atoms with Crippen molar-refractivity contribution in [1.29, 1.82) is 0 Å². The summed E-state index contributed by atoms with van der Waals surface area (Å²) in [4.78, 5) is 11.7. The third-order valence-corrected chi connectivity index (χ3v) is 4.29. The third kappa shape index (κ3) is 6.80. The van der Waals surface area contributed by atoms with Crippen molar-refractivity contribution in [3.05, 3.63) is 70.2 Å². The van der Waals surface area contributed by atoms with Crippen LogP contribution in [0, 0.1) is 0 Å². The molecule has 0 saturated heterocycles. The Balaban J connectivity index is 1.77. The molecular formula is C17H14ClF3N2OS. The molecule has 0 atom stereocenters. The van der Waals surface area contributed by atoms with Gasteiger partial charge in [0.15, 0.2) is 0 Å². The Morgan fingerprint density at radius 3 is 2.60 bits per heavy atom. The Bertz CT molecular complexity index is 748. The molecule has 8 heteroatoms. The summed E-state index contributed by atoms with van der Waals surface area (Å²) in [5, 5.41) is 4.33. The molecular weight excluding hydrogens is 373 g/mol. The average Bonchev–Trinajstić information content (AvgIpc) is 2.56. The summed E-state index contributed by atoms with van der Waals surface area (Å²) in [7, 11) is 0. The van der Waals surface area contributed by atoms with Crippen LogP contribution >= 0.6 is 23.4 Å². The third-order valence-electron chi connectivity index (χ3n) is 3.03. The van der Waals surface area contributed by atoms with Gasteiger partial charge in [-0.15, -0.1) is 11.8 Å². The smallest absolute Gasteiger partial charge is 0.272 e. The molecule has 25 heavy (non-hydrogen) atoms. The Kier molecular flexibility index (Phi) is 6.90. The minimum atomic E-state index is -4.41. The van der Waals surface area contributed by atoms with Crippen molar-refractivity contribution < 1.29 is 18.0 Å². The molecule has 2 aromatic carbocycles. The van der Waals surface area contributed by atoms with Crippen LogP contribution in [-0.2, 0) is 16.7 Å². The van der Waals surface area contributed by atoms with Crippen LogP contribution in [-0.4, -0.2) is 17.9 Å². The molecule has 0 saturated carbocycles. The highest BCUT2D eigenvalue weighted by molar-refractivity contribution is 7.99. The van der Waals surface area contributed by atoms with E-state index in [0.717, 1.165) is 17.7 Å². The summed E-state index contributed by atoms with van der Waals surface area (Å²) in [5.41, 5.74) is 2.82. The average molecular weight is 387 g/mol. The highest BCUT2D eigenvalue weighted by Gasteiger charge is 2.30. The van der Waals surface area contributed by atoms with E-state index in [-0.39, 0.29) is 17.2 Å². The number of nitrogens with one attached hydrogen (secondary N) is 1. The predicted octanol–water partition coefficient (Wildman–Crippen LogP) is 4.74. The maximum atomic E-state index is 12.6. The number of alkyl halides is 3. The Labute approximate surface area is 152 Å². The van der Waals surface area contributed by atoms with Crippen molar-refractivity contribution in [1.82, 2.24) is 5.43 Å². The number of hydrogen-bond acceptors (Lipinski definition) is 3. The minimum absolute atomic E-state index is 0.183. The van der Waals surface area contributed by atoms with Crippen LogP contribution in [0.1, 0.15) is 16.7 Å². The lowest BCUT2D eigenvalue weighted by molar-refractivity contribution is -0.137. The van der Waals surface area contributed by atoms with Gasteiger partial charge in [-0.25, -0.2) is 5.43 Å². The molecule has 2 rings (SSSR count). The number of hydrogen-bond donors (Lipinski definition) is 1. The maximum Gasteiger partial charge on any atom is 0.416 e. The molecule has 132 valence electrons. The van der Waals surface area contributed by atoms with Crippen LogP contribution in [0.2, 0.25) is 5.02 Å². The fourth-order valence-corrected chi connectivity index (χ4v) is 2.75. The summed E-state index contributed by atoms with van der Waals surface area (Å²) >= 11 is 7.18. The normalized spacial score (nSPS) is 11.7. The first kappa shape index (κ1) is 19.3. The summed E-state index contributed by atoms with van der Waals surface area (Å²) in [6.07, 6.45) is -3.23. The molecule has 0 aromatic heterocycles. The van der Waals surface area contributed by atoms with Crippen LogP contribution in [0.3, 0.4) is 0 Å². The SMILES string of the molecule is O=C(CSCc1ccc(Cl)cc1)N/N=C\c1cccc(C(F)(F)F)c1. The zero-order valence-corrected chi connectivity index (χ0v) is 14.5.